The molecule has 0 radical (unpaired) electrons. The maximum absolute atomic E-state index is 11.7. The monoisotopic (exact) mass is 263 g/mol. The Labute approximate surface area is 113 Å². The lowest BCUT2D eigenvalue weighted by Gasteiger charge is -2.14. The van der Waals surface area contributed by atoms with Crippen LogP contribution in [0.25, 0.3) is 0 Å². The largest absolute Gasteiger partial charge is 0.481 e. The highest BCUT2D eigenvalue weighted by molar-refractivity contribution is 5.76. The fourth-order valence-corrected chi connectivity index (χ4v) is 1.81. The second kappa shape index (κ2) is 7.56. The molecule has 1 aromatic carbocycles. The Morgan fingerprint density at radius 1 is 1.16 bits per heavy atom. The van der Waals surface area contributed by atoms with Gasteiger partial charge in [0, 0.05) is 12.8 Å². The molecular formula is C15H21NO3. The number of amides is 1. The van der Waals surface area contributed by atoms with E-state index < -0.39 is 5.97 Å². The van der Waals surface area contributed by atoms with Crippen LogP contribution >= 0.6 is 0 Å². The number of unbranched alkanes of at least 4 members (excludes halogenated alkanes) is 1. The number of nitrogens with one attached hydrogen (secondary N) is 1. The van der Waals surface area contributed by atoms with Gasteiger partial charge in [0.15, 0.2) is 0 Å². The van der Waals surface area contributed by atoms with Crippen LogP contribution < -0.4 is 5.32 Å². The van der Waals surface area contributed by atoms with Crippen molar-refractivity contribution in [1.82, 2.24) is 5.32 Å². The summed E-state index contributed by atoms with van der Waals surface area (Å²) in [5.74, 6) is -0.841. The molecule has 1 atom stereocenters. The van der Waals surface area contributed by atoms with Crippen LogP contribution in [-0.2, 0) is 9.59 Å². The molecule has 1 amide bonds. The van der Waals surface area contributed by atoms with Crippen molar-refractivity contribution in [3.8, 4) is 0 Å². The molecule has 0 spiro atoms. The molecule has 0 aliphatic heterocycles. The third-order valence-electron chi connectivity index (χ3n) is 3.00. The highest BCUT2D eigenvalue weighted by atomic mass is 16.4. The summed E-state index contributed by atoms with van der Waals surface area (Å²) in [5.41, 5.74) is 2.26. The Morgan fingerprint density at radius 3 is 2.32 bits per heavy atom. The molecule has 19 heavy (non-hydrogen) atoms. The first-order chi connectivity index (χ1) is 8.99. The van der Waals surface area contributed by atoms with Crippen molar-refractivity contribution in [2.24, 2.45) is 0 Å². The van der Waals surface area contributed by atoms with Crippen molar-refractivity contribution in [2.45, 2.75) is 45.6 Å². The summed E-state index contributed by atoms with van der Waals surface area (Å²) in [6.07, 6.45) is 1.66. The molecule has 2 N–H and O–H groups in total. The van der Waals surface area contributed by atoms with Gasteiger partial charge in [-0.15, -0.1) is 0 Å². The van der Waals surface area contributed by atoms with Crippen LogP contribution in [0.5, 0.6) is 0 Å². The van der Waals surface area contributed by atoms with Gasteiger partial charge in [-0.05, 0) is 32.3 Å². The van der Waals surface area contributed by atoms with E-state index >= 15 is 0 Å². The van der Waals surface area contributed by atoms with Gasteiger partial charge in [0.25, 0.3) is 0 Å². The molecule has 1 aromatic rings. The molecule has 0 unspecified atom stereocenters. The zero-order chi connectivity index (χ0) is 14.3. The van der Waals surface area contributed by atoms with Crippen molar-refractivity contribution in [3.05, 3.63) is 35.4 Å². The Kier molecular flexibility index (Phi) is 6.06. The van der Waals surface area contributed by atoms with E-state index in [4.69, 9.17) is 5.11 Å². The van der Waals surface area contributed by atoms with E-state index in [0.29, 0.717) is 19.3 Å². The van der Waals surface area contributed by atoms with Crippen LogP contribution in [0.4, 0.5) is 0 Å². The quantitative estimate of drug-likeness (QED) is 0.743. The molecule has 4 heteroatoms. The molecular weight excluding hydrogens is 242 g/mol. The zero-order valence-corrected chi connectivity index (χ0v) is 11.5. The Morgan fingerprint density at radius 2 is 1.74 bits per heavy atom. The van der Waals surface area contributed by atoms with Crippen molar-refractivity contribution in [3.63, 3.8) is 0 Å². The van der Waals surface area contributed by atoms with E-state index in [1.165, 1.54) is 5.56 Å². The fourth-order valence-electron chi connectivity index (χ4n) is 1.81. The number of carbonyl (C=O) groups is 2. The van der Waals surface area contributed by atoms with Gasteiger partial charge in [-0.1, -0.05) is 29.8 Å². The number of aliphatic carboxylic acids is 1. The summed E-state index contributed by atoms with van der Waals surface area (Å²) in [4.78, 5) is 22.0. The van der Waals surface area contributed by atoms with Gasteiger partial charge in [0.2, 0.25) is 5.91 Å². The second-order valence-electron chi connectivity index (χ2n) is 4.80. The lowest BCUT2D eigenvalue weighted by molar-refractivity contribution is -0.137. The maximum atomic E-state index is 11.7. The summed E-state index contributed by atoms with van der Waals surface area (Å²) >= 11 is 0. The minimum atomic E-state index is -0.812. The van der Waals surface area contributed by atoms with Crippen molar-refractivity contribution < 1.29 is 14.7 Å². The van der Waals surface area contributed by atoms with Crippen LogP contribution in [0.2, 0.25) is 0 Å². The van der Waals surface area contributed by atoms with Crippen molar-refractivity contribution in [2.75, 3.05) is 0 Å². The molecule has 1 rings (SSSR count). The predicted octanol–water partition coefficient (Wildman–Crippen LogP) is 2.82. The minimum absolute atomic E-state index is 0.0208. The molecule has 4 nitrogen and oxygen atoms in total. The van der Waals surface area contributed by atoms with Crippen LogP contribution in [0.1, 0.15) is 49.8 Å². The smallest absolute Gasteiger partial charge is 0.303 e. The molecule has 0 aliphatic carbocycles. The summed E-state index contributed by atoms with van der Waals surface area (Å²) in [5, 5.41) is 11.4. The number of carboxylic acid groups (broad SMARTS) is 1. The zero-order valence-electron chi connectivity index (χ0n) is 11.5. The Balaban J connectivity index is 2.31. The maximum Gasteiger partial charge on any atom is 0.303 e. The van der Waals surface area contributed by atoms with Crippen LogP contribution in [-0.4, -0.2) is 17.0 Å². The molecule has 0 aliphatic rings. The SMILES string of the molecule is Cc1ccc([C@@H](C)NC(=O)CCCCC(=O)O)cc1. The number of benzene rings is 1. The van der Waals surface area contributed by atoms with E-state index in [1.807, 2.05) is 38.1 Å². The van der Waals surface area contributed by atoms with E-state index in [9.17, 15) is 9.59 Å². The van der Waals surface area contributed by atoms with Gasteiger partial charge in [-0.2, -0.15) is 0 Å². The van der Waals surface area contributed by atoms with E-state index in [2.05, 4.69) is 5.32 Å². The third-order valence-corrected chi connectivity index (χ3v) is 3.00. The standard InChI is InChI=1S/C15H21NO3/c1-11-7-9-13(10-8-11)12(2)16-14(17)5-3-4-6-15(18)19/h7-10,12H,3-6H2,1-2H3,(H,16,17)(H,18,19)/t12-/m1/s1. The van der Waals surface area contributed by atoms with Gasteiger partial charge in [0.05, 0.1) is 6.04 Å². The van der Waals surface area contributed by atoms with Crippen LogP contribution in [0, 0.1) is 6.92 Å². The van der Waals surface area contributed by atoms with Gasteiger partial charge < -0.3 is 10.4 Å². The Bertz CT molecular complexity index is 426. The highest BCUT2D eigenvalue weighted by Crippen LogP contribution is 2.13. The van der Waals surface area contributed by atoms with E-state index in [-0.39, 0.29) is 18.4 Å². The lowest BCUT2D eigenvalue weighted by Crippen LogP contribution is -2.26. The molecule has 0 saturated heterocycles. The Hall–Kier alpha value is -1.84. The highest BCUT2D eigenvalue weighted by Gasteiger charge is 2.09. The van der Waals surface area contributed by atoms with E-state index in [1.54, 1.807) is 0 Å². The minimum Gasteiger partial charge on any atom is -0.481 e. The van der Waals surface area contributed by atoms with Crippen LogP contribution in [0.3, 0.4) is 0 Å². The first-order valence-electron chi connectivity index (χ1n) is 6.57. The van der Waals surface area contributed by atoms with Crippen molar-refractivity contribution in [1.29, 1.82) is 0 Å². The fraction of sp³-hybridized carbons (Fsp3) is 0.467. The van der Waals surface area contributed by atoms with Gasteiger partial charge in [0.1, 0.15) is 0 Å². The normalized spacial score (nSPS) is 11.9. The third kappa shape index (κ3) is 6.04. The number of carbonyl (C=O) groups excluding carboxylic acids is 1. The molecule has 0 heterocycles. The topological polar surface area (TPSA) is 66.4 Å². The number of carboxylic acids is 1. The summed E-state index contributed by atoms with van der Waals surface area (Å²) in [6, 6.07) is 8.03. The summed E-state index contributed by atoms with van der Waals surface area (Å²) in [6.45, 7) is 3.97. The molecule has 0 bridgehead atoms. The van der Waals surface area contributed by atoms with Crippen molar-refractivity contribution >= 4 is 11.9 Å². The lowest BCUT2D eigenvalue weighted by atomic mass is 10.1. The average Bonchev–Trinajstić information content (AvgIpc) is 2.35. The molecule has 0 fully saturated rings. The first kappa shape index (κ1) is 15.2. The van der Waals surface area contributed by atoms with Gasteiger partial charge >= 0.3 is 5.97 Å². The summed E-state index contributed by atoms with van der Waals surface area (Å²) < 4.78 is 0. The number of rotatable bonds is 7. The van der Waals surface area contributed by atoms with Gasteiger partial charge in [-0.3, -0.25) is 9.59 Å². The molecule has 0 aromatic heterocycles. The average molecular weight is 263 g/mol. The number of hydrogen-bond acceptors (Lipinski definition) is 2. The second-order valence-corrected chi connectivity index (χ2v) is 4.80. The summed E-state index contributed by atoms with van der Waals surface area (Å²) in [7, 11) is 0. The number of hydrogen-bond donors (Lipinski definition) is 2. The molecule has 104 valence electrons. The van der Waals surface area contributed by atoms with Gasteiger partial charge in [-0.25, -0.2) is 0 Å². The predicted molar refractivity (Wildman–Crippen MR) is 73.8 cm³/mol. The van der Waals surface area contributed by atoms with E-state index in [0.717, 1.165) is 5.56 Å². The first-order valence-corrected chi connectivity index (χ1v) is 6.57. The van der Waals surface area contributed by atoms with Crippen LogP contribution in [0.15, 0.2) is 24.3 Å². The number of aryl methyl sites for hydroxylation is 1. The molecule has 0 saturated carbocycles.